The van der Waals surface area contributed by atoms with Crippen molar-refractivity contribution in [3.8, 4) is 0 Å². The van der Waals surface area contributed by atoms with Crippen LogP contribution >= 0.6 is 0 Å². The van der Waals surface area contributed by atoms with E-state index in [9.17, 15) is 0 Å². The van der Waals surface area contributed by atoms with Crippen molar-refractivity contribution in [3.05, 3.63) is 0 Å². The fourth-order valence-corrected chi connectivity index (χ4v) is 2.25. The molecule has 0 aromatic carbocycles. The van der Waals surface area contributed by atoms with E-state index >= 15 is 0 Å². The monoisotopic (exact) mass is 242 g/mol. The number of nitrogens with zero attached hydrogens (tertiary/aromatic N) is 2. The minimum atomic E-state index is 0.697. The fourth-order valence-electron chi connectivity index (χ4n) is 2.25. The molecule has 1 rings (SSSR count). The molecular formula is C14H30N2O. The second-order valence-corrected chi connectivity index (χ2v) is 5.29. The Labute approximate surface area is 107 Å². The third-order valence-electron chi connectivity index (χ3n) is 3.58. The highest BCUT2D eigenvalue weighted by molar-refractivity contribution is 4.73. The number of hydrogen-bond donors (Lipinski definition) is 0. The number of rotatable bonds is 8. The lowest BCUT2D eigenvalue weighted by atomic mass is 10.2. The van der Waals surface area contributed by atoms with Crippen molar-refractivity contribution < 1.29 is 4.74 Å². The van der Waals surface area contributed by atoms with Crippen molar-refractivity contribution in [2.45, 2.75) is 46.1 Å². The van der Waals surface area contributed by atoms with Crippen LogP contribution < -0.4 is 0 Å². The Hall–Kier alpha value is -0.120. The van der Waals surface area contributed by atoms with Crippen molar-refractivity contribution in [3.63, 3.8) is 0 Å². The van der Waals surface area contributed by atoms with Crippen LogP contribution in [0.3, 0.4) is 0 Å². The Bertz CT molecular complexity index is 177. The molecule has 0 bridgehead atoms. The molecule has 0 spiro atoms. The van der Waals surface area contributed by atoms with E-state index in [0.29, 0.717) is 6.04 Å². The molecule has 0 aromatic rings. The normalized spacial score (nSPS) is 19.1. The van der Waals surface area contributed by atoms with E-state index < -0.39 is 0 Å². The molecule has 0 aliphatic carbocycles. The molecule has 0 atom stereocenters. The molecule has 0 aromatic heterocycles. The third kappa shape index (κ3) is 6.39. The molecule has 1 aliphatic rings. The van der Waals surface area contributed by atoms with Crippen molar-refractivity contribution in [1.29, 1.82) is 0 Å². The van der Waals surface area contributed by atoms with Crippen LogP contribution in [0.2, 0.25) is 0 Å². The van der Waals surface area contributed by atoms with E-state index in [2.05, 4.69) is 30.6 Å². The van der Waals surface area contributed by atoms with E-state index in [4.69, 9.17) is 4.74 Å². The molecule has 3 nitrogen and oxygen atoms in total. The molecular weight excluding hydrogens is 212 g/mol. The highest BCUT2D eigenvalue weighted by atomic mass is 16.5. The van der Waals surface area contributed by atoms with Gasteiger partial charge in [0.25, 0.3) is 0 Å². The molecule has 0 amide bonds. The maximum Gasteiger partial charge on any atom is 0.0593 e. The van der Waals surface area contributed by atoms with Crippen molar-refractivity contribution in [2.24, 2.45) is 0 Å². The molecule has 3 heteroatoms. The van der Waals surface area contributed by atoms with E-state index in [-0.39, 0.29) is 0 Å². The molecule has 102 valence electrons. The van der Waals surface area contributed by atoms with Crippen LogP contribution in [-0.4, -0.2) is 61.8 Å². The molecule has 1 heterocycles. The zero-order chi connectivity index (χ0) is 12.5. The van der Waals surface area contributed by atoms with Gasteiger partial charge in [0.2, 0.25) is 0 Å². The maximum atomic E-state index is 5.66. The Balaban J connectivity index is 1.95. The summed E-state index contributed by atoms with van der Waals surface area (Å²) in [6, 6.07) is 0.697. The van der Waals surface area contributed by atoms with E-state index in [1.54, 1.807) is 0 Å². The summed E-state index contributed by atoms with van der Waals surface area (Å²) < 4.78 is 5.66. The minimum Gasteiger partial charge on any atom is -0.380 e. The zero-order valence-electron chi connectivity index (χ0n) is 12.0. The standard InChI is InChI=1S/C14H30N2O/c1-4-5-6-12-17-13-11-15-7-9-16(10-8-15)14(2)3/h14H,4-13H2,1-3H3. The Morgan fingerprint density at radius 2 is 1.71 bits per heavy atom. The lowest BCUT2D eigenvalue weighted by Crippen LogP contribution is -2.49. The zero-order valence-corrected chi connectivity index (χ0v) is 12.0. The summed E-state index contributed by atoms with van der Waals surface area (Å²) in [6.45, 7) is 14.6. The second-order valence-electron chi connectivity index (χ2n) is 5.29. The third-order valence-corrected chi connectivity index (χ3v) is 3.58. The summed E-state index contributed by atoms with van der Waals surface area (Å²) in [4.78, 5) is 5.08. The van der Waals surface area contributed by atoms with Gasteiger partial charge in [0.05, 0.1) is 6.61 Å². The molecule has 0 unspecified atom stereocenters. The van der Waals surface area contributed by atoms with E-state index in [0.717, 1.165) is 19.8 Å². The number of ether oxygens (including phenoxy) is 1. The lowest BCUT2D eigenvalue weighted by Gasteiger charge is -2.36. The summed E-state index contributed by atoms with van der Waals surface area (Å²) in [5.41, 5.74) is 0. The lowest BCUT2D eigenvalue weighted by molar-refractivity contribution is 0.0653. The quantitative estimate of drug-likeness (QED) is 0.607. The van der Waals surface area contributed by atoms with Crippen molar-refractivity contribution in [1.82, 2.24) is 9.80 Å². The first kappa shape index (κ1) is 14.9. The van der Waals surface area contributed by atoms with Gasteiger partial charge in [-0.3, -0.25) is 9.80 Å². The molecule has 0 N–H and O–H groups in total. The fraction of sp³-hybridized carbons (Fsp3) is 1.00. The van der Waals surface area contributed by atoms with Gasteiger partial charge in [0.1, 0.15) is 0 Å². The van der Waals surface area contributed by atoms with Gasteiger partial charge in [-0.15, -0.1) is 0 Å². The SMILES string of the molecule is CCCCCOCCN1CCN(C(C)C)CC1. The molecule has 1 aliphatic heterocycles. The highest BCUT2D eigenvalue weighted by Gasteiger charge is 2.17. The first-order valence-corrected chi connectivity index (χ1v) is 7.28. The first-order valence-electron chi connectivity index (χ1n) is 7.28. The van der Waals surface area contributed by atoms with Crippen LogP contribution in [0.4, 0.5) is 0 Å². The van der Waals surface area contributed by atoms with E-state index in [1.807, 2.05) is 0 Å². The summed E-state index contributed by atoms with van der Waals surface area (Å²) in [7, 11) is 0. The predicted octanol–water partition coefficient (Wildman–Crippen LogP) is 2.22. The van der Waals surface area contributed by atoms with Gasteiger partial charge in [0, 0.05) is 45.4 Å². The molecule has 1 fully saturated rings. The Morgan fingerprint density at radius 3 is 2.29 bits per heavy atom. The van der Waals surface area contributed by atoms with Crippen LogP contribution in [0.25, 0.3) is 0 Å². The van der Waals surface area contributed by atoms with Gasteiger partial charge in [-0.05, 0) is 20.3 Å². The molecule has 0 saturated carbocycles. The van der Waals surface area contributed by atoms with E-state index in [1.165, 1.54) is 45.4 Å². The van der Waals surface area contributed by atoms with Crippen LogP contribution in [-0.2, 0) is 4.74 Å². The largest absolute Gasteiger partial charge is 0.380 e. The number of hydrogen-bond acceptors (Lipinski definition) is 3. The van der Waals surface area contributed by atoms with Gasteiger partial charge in [-0.1, -0.05) is 19.8 Å². The van der Waals surface area contributed by atoms with Crippen LogP contribution in [0.1, 0.15) is 40.0 Å². The predicted molar refractivity (Wildman–Crippen MR) is 73.5 cm³/mol. The van der Waals surface area contributed by atoms with Gasteiger partial charge in [0.15, 0.2) is 0 Å². The van der Waals surface area contributed by atoms with Crippen molar-refractivity contribution >= 4 is 0 Å². The van der Waals surface area contributed by atoms with Gasteiger partial charge >= 0.3 is 0 Å². The number of unbranched alkanes of at least 4 members (excludes halogenated alkanes) is 2. The minimum absolute atomic E-state index is 0.697. The van der Waals surface area contributed by atoms with Crippen LogP contribution in [0.5, 0.6) is 0 Å². The average molecular weight is 242 g/mol. The second kappa shape index (κ2) is 8.90. The van der Waals surface area contributed by atoms with Crippen molar-refractivity contribution in [2.75, 3.05) is 45.9 Å². The molecule has 0 radical (unpaired) electrons. The van der Waals surface area contributed by atoms with Crippen LogP contribution in [0, 0.1) is 0 Å². The average Bonchev–Trinajstić information content (AvgIpc) is 2.34. The summed E-state index contributed by atoms with van der Waals surface area (Å²) in [5, 5.41) is 0. The molecule has 1 saturated heterocycles. The molecule has 17 heavy (non-hydrogen) atoms. The Morgan fingerprint density at radius 1 is 1.00 bits per heavy atom. The topological polar surface area (TPSA) is 15.7 Å². The van der Waals surface area contributed by atoms with Gasteiger partial charge < -0.3 is 4.74 Å². The summed E-state index contributed by atoms with van der Waals surface area (Å²) >= 11 is 0. The summed E-state index contributed by atoms with van der Waals surface area (Å²) in [6.07, 6.45) is 3.80. The Kier molecular flexibility index (Phi) is 7.82. The van der Waals surface area contributed by atoms with Crippen LogP contribution in [0.15, 0.2) is 0 Å². The summed E-state index contributed by atoms with van der Waals surface area (Å²) in [5.74, 6) is 0. The highest BCUT2D eigenvalue weighted by Crippen LogP contribution is 2.05. The maximum absolute atomic E-state index is 5.66. The van der Waals surface area contributed by atoms with Gasteiger partial charge in [-0.25, -0.2) is 0 Å². The first-order chi connectivity index (χ1) is 8.24. The smallest absolute Gasteiger partial charge is 0.0593 e. The number of piperazine rings is 1. The van der Waals surface area contributed by atoms with Gasteiger partial charge in [-0.2, -0.15) is 0 Å².